The van der Waals surface area contributed by atoms with E-state index in [0.29, 0.717) is 11.4 Å². The highest BCUT2D eigenvalue weighted by Gasteiger charge is 2.24. The second kappa shape index (κ2) is 6.07. The van der Waals surface area contributed by atoms with Crippen molar-refractivity contribution < 1.29 is 8.42 Å². The molecule has 0 bridgehead atoms. The molecule has 2 N–H and O–H groups in total. The van der Waals surface area contributed by atoms with Crippen molar-refractivity contribution >= 4 is 10.0 Å². The van der Waals surface area contributed by atoms with Gasteiger partial charge in [0.25, 0.3) is 0 Å². The molecule has 1 aliphatic rings. The van der Waals surface area contributed by atoms with Gasteiger partial charge in [0.1, 0.15) is 0 Å². The Hall–Kier alpha value is -0.850. The Morgan fingerprint density at radius 3 is 2.63 bits per heavy atom. The predicted octanol–water partition coefficient (Wildman–Crippen LogP) is 1.45. The molecule has 1 saturated carbocycles. The van der Waals surface area contributed by atoms with E-state index in [1.807, 2.05) is 18.5 Å². The number of hydrogen-bond donors (Lipinski definition) is 2. The summed E-state index contributed by atoms with van der Waals surface area (Å²) in [6.07, 6.45) is 5.88. The molecule has 0 spiro atoms. The van der Waals surface area contributed by atoms with Crippen LogP contribution in [0.25, 0.3) is 0 Å². The summed E-state index contributed by atoms with van der Waals surface area (Å²) in [6.45, 7) is 3.46. The molecular formula is C13H23N3O2S. The zero-order valence-corrected chi connectivity index (χ0v) is 12.5. The van der Waals surface area contributed by atoms with Gasteiger partial charge in [-0.3, -0.25) is 0 Å². The number of rotatable bonds is 6. The summed E-state index contributed by atoms with van der Waals surface area (Å²) in [7, 11) is -1.51. The molecule has 5 nitrogen and oxygen atoms in total. The highest BCUT2D eigenvalue weighted by atomic mass is 32.2. The number of aromatic nitrogens is 1. The maximum atomic E-state index is 12.3. The Balaban J connectivity index is 2.19. The van der Waals surface area contributed by atoms with Gasteiger partial charge in [-0.15, -0.1) is 0 Å². The minimum absolute atomic E-state index is 0.114. The van der Waals surface area contributed by atoms with E-state index in [0.717, 1.165) is 37.9 Å². The van der Waals surface area contributed by atoms with Crippen molar-refractivity contribution in [2.45, 2.75) is 56.6 Å². The molecular weight excluding hydrogens is 262 g/mol. The fourth-order valence-electron chi connectivity index (χ4n) is 2.63. The zero-order chi connectivity index (χ0) is 13.9. The number of aryl methyl sites for hydroxylation is 1. The summed E-state index contributed by atoms with van der Waals surface area (Å²) < 4.78 is 29.4. The van der Waals surface area contributed by atoms with E-state index in [1.54, 1.807) is 12.3 Å². The van der Waals surface area contributed by atoms with Gasteiger partial charge in [0.05, 0.1) is 4.90 Å². The SMILES string of the molecule is CCn1cc(S(=O)(=O)NC2CCCC2)cc1CNC. The van der Waals surface area contributed by atoms with Gasteiger partial charge in [-0.05, 0) is 32.9 Å². The van der Waals surface area contributed by atoms with Crippen molar-refractivity contribution in [2.75, 3.05) is 7.05 Å². The van der Waals surface area contributed by atoms with Gasteiger partial charge >= 0.3 is 0 Å². The van der Waals surface area contributed by atoms with Gasteiger partial charge < -0.3 is 9.88 Å². The molecule has 0 unspecified atom stereocenters. The van der Waals surface area contributed by atoms with Crippen molar-refractivity contribution in [3.8, 4) is 0 Å². The minimum atomic E-state index is -3.37. The molecule has 0 amide bonds. The molecule has 0 radical (unpaired) electrons. The molecule has 108 valence electrons. The molecule has 1 heterocycles. The van der Waals surface area contributed by atoms with E-state index >= 15 is 0 Å². The molecule has 1 fully saturated rings. The van der Waals surface area contributed by atoms with Crippen LogP contribution in [-0.4, -0.2) is 26.1 Å². The molecule has 1 aromatic heterocycles. The Morgan fingerprint density at radius 2 is 2.05 bits per heavy atom. The van der Waals surface area contributed by atoms with E-state index in [-0.39, 0.29) is 6.04 Å². The lowest BCUT2D eigenvalue weighted by molar-refractivity contribution is 0.552. The third kappa shape index (κ3) is 3.38. The highest BCUT2D eigenvalue weighted by molar-refractivity contribution is 7.89. The Labute approximate surface area is 115 Å². The number of nitrogens with one attached hydrogen (secondary N) is 2. The van der Waals surface area contributed by atoms with Crippen molar-refractivity contribution in [1.29, 1.82) is 0 Å². The lowest BCUT2D eigenvalue weighted by atomic mass is 10.3. The molecule has 0 atom stereocenters. The zero-order valence-electron chi connectivity index (χ0n) is 11.6. The normalized spacial score (nSPS) is 17.2. The van der Waals surface area contributed by atoms with E-state index in [2.05, 4.69) is 10.0 Å². The van der Waals surface area contributed by atoms with E-state index in [4.69, 9.17) is 0 Å². The molecule has 19 heavy (non-hydrogen) atoms. The molecule has 1 aliphatic carbocycles. The largest absolute Gasteiger partial charge is 0.349 e. The van der Waals surface area contributed by atoms with Crippen molar-refractivity contribution in [1.82, 2.24) is 14.6 Å². The van der Waals surface area contributed by atoms with Gasteiger partial charge in [-0.2, -0.15) is 0 Å². The smallest absolute Gasteiger partial charge is 0.242 e. The lowest BCUT2D eigenvalue weighted by Gasteiger charge is -2.11. The standard InChI is InChI=1S/C13H23N3O2S/c1-3-16-10-13(8-12(16)9-14-2)19(17,18)15-11-6-4-5-7-11/h8,10-11,14-15H,3-7,9H2,1-2H3. The van der Waals surface area contributed by atoms with Crippen LogP contribution in [0.5, 0.6) is 0 Å². The molecule has 1 aromatic rings. The van der Waals surface area contributed by atoms with E-state index in [1.165, 1.54) is 0 Å². The van der Waals surface area contributed by atoms with Crippen LogP contribution in [0.3, 0.4) is 0 Å². The van der Waals surface area contributed by atoms with Crippen LogP contribution in [-0.2, 0) is 23.1 Å². The first-order valence-electron chi connectivity index (χ1n) is 6.93. The fourth-order valence-corrected chi connectivity index (χ4v) is 3.99. The van der Waals surface area contributed by atoms with Crippen LogP contribution < -0.4 is 10.0 Å². The van der Waals surface area contributed by atoms with Gasteiger partial charge in [-0.1, -0.05) is 12.8 Å². The molecule has 6 heteroatoms. The second-order valence-corrected chi connectivity index (χ2v) is 6.80. The third-order valence-corrected chi connectivity index (χ3v) is 5.13. The lowest BCUT2D eigenvalue weighted by Crippen LogP contribution is -2.32. The average molecular weight is 285 g/mol. The summed E-state index contributed by atoms with van der Waals surface area (Å²) in [6, 6.07) is 1.87. The van der Waals surface area contributed by atoms with Crippen LogP contribution in [0.15, 0.2) is 17.2 Å². The molecule has 0 saturated heterocycles. The van der Waals surface area contributed by atoms with Crippen LogP contribution in [0.2, 0.25) is 0 Å². The molecule has 0 aliphatic heterocycles. The Bertz CT molecular complexity index is 516. The number of nitrogens with zero attached hydrogens (tertiary/aromatic N) is 1. The maximum absolute atomic E-state index is 12.3. The first-order chi connectivity index (χ1) is 9.06. The van der Waals surface area contributed by atoms with E-state index < -0.39 is 10.0 Å². The van der Waals surface area contributed by atoms with Gasteiger partial charge in [-0.25, -0.2) is 13.1 Å². The Kier molecular flexibility index (Phi) is 4.65. The van der Waals surface area contributed by atoms with Crippen molar-refractivity contribution in [3.63, 3.8) is 0 Å². The molecule has 0 aromatic carbocycles. The number of hydrogen-bond acceptors (Lipinski definition) is 3. The average Bonchev–Trinajstić information content (AvgIpc) is 2.98. The highest BCUT2D eigenvalue weighted by Crippen LogP contribution is 2.21. The summed E-state index contributed by atoms with van der Waals surface area (Å²) in [5, 5.41) is 3.06. The first-order valence-corrected chi connectivity index (χ1v) is 8.41. The van der Waals surface area contributed by atoms with Crippen LogP contribution >= 0.6 is 0 Å². The summed E-state index contributed by atoms with van der Waals surface area (Å²) in [5.41, 5.74) is 0.997. The van der Waals surface area contributed by atoms with E-state index in [9.17, 15) is 8.42 Å². The van der Waals surface area contributed by atoms with Crippen LogP contribution in [0.1, 0.15) is 38.3 Å². The topological polar surface area (TPSA) is 63.1 Å². The maximum Gasteiger partial charge on any atom is 0.242 e. The van der Waals surface area contributed by atoms with Crippen LogP contribution in [0.4, 0.5) is 0 Å². The van der Waals surface area contributed by atoms with Crippen molar-refractivity contribution in [2.24, 2.45) is 0 Å². The minimum Gasteiger partial charge on any atom is -0.349 e. The summed E-state index contributed by atoms with van der Waals surface area (Å²) >= 11 is 0. The van der Waals surface area contributed by atoms with Gasteiger partial charge in [0.2, 0.25) is 10.0 Å². The Morgan fingerprint density at radius 1 is 1.37 bits per heavy atom. The van der Waals surface area contributed by atoms with Gasteiger partial charge in [0, 0.05) is 31.0 Å². The quantitative estimate of drug-likeness (QED) is 0.831. The third-order valence-electron chi connectivity index (χ3n) is 3.65. The predicted molar refractivity (Wildman–Crippen MR) is 75.4 cm³/mol. The first kappa shape index (κ1) is 14.6. The van der Waals surface area contributed by atoms with Gasteiger partial charge in [0.15, 0.2) is 0 Å². The monoisotopic (exact) mass is 285 g/mol. The van der Waals surface area contributed by atoms with Crippen LogP contribution in [0, 0.1) is 0 Å². The summed E-state index contributed by atoms with van der Waals surface area (Å²) in [4.78, 5) is 0.381. The second-order valence-electron chi connectivity index (χ2n) is 5.09. The summed E-state index contributed by atoms with van der Waals surface area (Å²) in [5.74, 6) is 0. The van der Waals surface area contributed by atoms with Crippen molar-refractivity contribution in [3.05, 3.63) is 18.0 Å². The molecule has 2 rings (SSSR count). The fraction of sp³-hybridized carbons (Fsp3) is 0.692. The number of sulfonamides is 1.